The summed E-state index contributed by atoms with van der Waals surface area (Å²) < 4.78 is 0. The molecule has 2 N–H and O–H groups in total. The van der Waals surface area contributed by atoms with E-state index < -0.39 is 5.97 Å². The highest BCUT2D eigenvalue weighted by Gasteiger charge is 2.17. The van der Waals surface area contributed by atoms with Crippen LogP contribution in [0.3, 0.4) is 0 Å². The number of carbonyl (C=O) groups excluding carboxylic acids is 1. The van der Waals surface area contributed by atoms with Gasteiger partial charge >= 0.3 is 5.97 Å². The summed E-state index contributed by atoms with van der Waals surface area (Å²) in [5.41, 5.74) is 1.13. The third-order valence-corrected chi connectivity index (χ3v) is 5.72. The summed E-state index contributed by atoms with van der Waals surface area (Å²) in [5.74, 6) is -0.935. The van der Waals surface area contributed by atoms with Crippen molar-refractivity contribution in [3.8, 4) is 11.3 Å². The molecule has 0 radical (unpaired) electrons. The Labute approximate surface area is 174 Å². The molecule has 1 saturated carbocycles. The first-order valence-corrected chi connectivity index (χ1v) is 10.2. The molecule has 148 valence electrons. The molecule has 0 unspecified atom stereocenters. The van der Waals surface area contributed by atoms with Crippen LogP contribution in [0.2, 0.25) is 10.0 Å². The van der Waals surface area contributed by atoms with Gasteiger partial charge in [-0.3, -0.25) is 4.79 Å². The molecule has 7 heteroatoms. The molecule has 1 aromatic carbocycles. The monoisotopic (exact) mass is 420 g/mol. The zero-order valence-electron chi connectivity index (χ0n) is 15.4. The number of benzene rings is 1. The van der Waals surface area contributed by atoms with Gasteiger partial charge in [0.25, 0.3) is 5.91 Å². The molecule has 0 bridgehead atoms. The Morgan fingerprint density at radius 2 is 1.71 bits per heavy atom. The van der Waals surface area contributed by atoms with Crippen LogP contribution < -0.4 is 5.32 Å². The van der Waals surface area contributed by atoms with Crippen molar-refractivity contribution in [3.63, 3.8) is 0 Å². The number of hydrogen-bond acceptors (Lipinski definition) is 3. The average Bonchev–Trinajstić information content (AvgIpc) is 2.95. The smallest absolute Gasteiger partial charge is 0.356 e. The second-order valence-electron chi connectivity index (χ2n) is 7.09. The maximum absolute atomic E-state index is 12.7. The molecule has 2 aromatic rings. The Hall–Kier alpha value is -2.11. The summed E-state index contributed by atoms with van der Waals surface area (Å²) in [7, 11) is 0. The molecule has 1 aliphatic rings. The molecule has 1 heterocycles. The molecule has 0 saturated heterocycles. The Morgan fingerprint density at radius 1 is 1.04 bits per heavy atom. The van der Waals surface area contributed by atoms with Crippen molar-refractivity contribution in [2.45, 2.75) is 38.5 Å². The highest BCUT2D eigenvalue weighted by atomic mass is 35.5. The van der Waals surface area contributed by atoms with Gasteiger partial charge in [-0.05, 0) is 43.0 Å². The zero-order valence-corrected chi connectivity index (χ0v) is 16.9. The molecule has 0 atom stereocenters. The van der Waals surface area contributed by atoms with Gasteiger partial charge in [0.2, 0.25) is 0 Å². The van der Waals surface area contributed by atoms with E-state index in [0.717, 1.165) is 12.8 Å². The van der Waals surface area contributed by atoms with E-state index in [2.05, 4.69) is 10.3 Å². The minimum Gasteiger partial charge on any atom is -0.476 e. The van der Waals surface area contributed by atoms with E-state index in [1.165, 1.54) is 31.7 Å². The van der Waals surface area contributed by atoms with Gasteiger partial charge in [0.15, 0.2) is 5.69 Å². The molecule has 0 spiro atoms. The number of carbonyl (C=O) groups is 2. The van der Waals surface area contributed by atoms with E-state index in [-0.39, 0.29) is 16.6 Å². The number of carboxylic acids is 1. The minimum atomic E-state index is -1.21. The lowest BCUT2D eigenvalue weighted by Crippen LogP contribution is -2.29. The Kier molecular flexibility index (Phi) is 6.92. The summed E-state index contributed by atoms with van der Waals surface area (Å²) in [6.07, 6.45) is 7.24. The predicted octanol–water partition coefficient (Wildman–Crippen LogP) is 5.45. The molecule has 5 nitrogen and oxygen atoms in total. The second-order valence-corrected chi connectivity index (χ2v) is 7.91. The van der Waals surface area contributed by atoms with Crippen LogP contribution >= 0.6 is 23.2 Å². The molecular weight excluding hydrogens is 399 g/mol. The maximum Gasteiger partial charge on any atom is 0.356 e. The van der Waals surface area contributed by atoms with Gasteiger partial charge in [0.1, 0.15) is 0 Å². The summed E-state index contributed by atoms with van der Waals surface area (Å²) >= 11 is 12.1. The van der Waals surface area contributed by atoms with E-state index >= 15 is 0 Å². The number of rotatable bonds is 5. The number of pyridine rings is 1. The van der Waals surface area contributed by atoms with E-state index in [4.69, 9.17) is 23.2 Å². The fraction of sp³-hybridized carbons (Fsp3) is 0.381. The normalized spacial score (nSPS) is 15.1. The van der Waals surface area contributed by atoms with Gasteiger partial charge in [-0.15, -0.1) is 0 Å². The Balaban J connectivity index is 1.78. The lowest BCUT2D eigenvalue weighted by Gasteiger charge is -2.15. The molecule has 3 rings (SSSR count). The number of aromatic nitrogens is 1. The van der Waals surface area contributed by atoms with Crippen molar-refractivity contribution in [2.24, 2.45) is 5.92 Å². The SMILES string of the molecule is O=C(NCC1CCCCCC1)c1cc(-c2ccc(Cl)c(C(=O)O)n2)ccc1Cl. The van der Waals surface area contributed by atoms with Crippen LogP contribution in [0.4, 0.5) is 0 Å². The number of nitrogens with one attached hydrogen (secondary N) is 1. The van der Waals surface area contributed by atoms with Crippen LogP contribution in [-0.2, 0) is 0 Å². The highest BCUT2D eigenvalue weighted by molar-refractivity contribution is 6.34. The zero-order chi connectivity index (χ0) is 20.1. The number of aromatic carboxylic acids is 1. The molecule has 28 heavy (non-hydrogen) atoms. The Bertz CT molecular complexity index is 878. The first-order valence-electron chi connectivity index (χ1n) is 9.43. The molecule has 1 aromatic heterocycles. The topological polar surface area (TPSA) is 79.3 Å². The van der Waals surface area contributed by atoms with Gasteiger partial charge in [0.05, 0.1) is 21.3 Å². The van der Waals surface area contributed by atoms with E-state index in [9.17, 15) is 14.7 Å². The van der Waals surface area contributed by atoms with E-state index in [1.54, 1.807) is 24.3 Å². The van der Waals surface area contributed by atoms with Crippen LogP contribution in [0.1, 0.15) is 59.4 Å². The van der Waals surface area contributed by atoms with Crippen molar-refractivity contribution in [1.29, 1.82) is 0 Å². The highest BCUT2D eigenvalue weighted by Crippen LogP contribution is 2.27. The number of hydrogen-bond donors (Lipinski definition) is 2. The van der Waals surface area contributed by atoms with E-state index in [1.807, 2.05) is 0 Å². The van der Waals surface area contributed by atoms with Crippen molar-refractivity contribution >= 4 is 35.1 Å². The van der Waals surface area contributed by atoms with Crippen LogP contribution in [0.25, 0.3) is 11.3 Å². The predicted molar refractivity (Wildman–Crippen MR) is 110 cm³/mol. The quantitative estimate of drug-likeness (QED) is 0.629. The average molecular weight is 421 g/mol. The third-order valence-electron chi connectivity index (χ3n) is 5.08. The first-order chi connectivity index (χ1) is 13.5. The fourth-order valence-electron chi connectivity index (χ4n) is 3.51. The van der Waals surface area contributed by atoms with Gasteiger partial charge in [-0.25, -0.2) is 9.78 Å². The van der Waals surface area contributed by atoms with E-state index in [0.29, 0.717) is 34.3 Å². The molecule has 1 fully saturated rings. The maximum atomic E-state index is 12.7. The van der Waals surface area contributed by atoms with Crippen LogP contribution in [0, 0.1) is 5.92 Å². The van der Waals surface area contributed by atoms with Crippen LogP contribution in [0.15, 0.2) is 30.3 Å². The number of carboxylic acid groups (broad SMARTS) is 1. The van der Waals surface area contributed by atoms with Crippen molar-refractivity contribution in [1.82, 2.24) is 10.3 Å². The van der Waals surface area contributed by atoms with Crippen molar-refractivity contribution < 1.29 is 14.7 Å². The summed E-state index contributed by atoms with van der Waals surface area (Å²) in [6.45, 7) is 0.641. The van der Waals surface area contributed by atoms with Gasteiger partial charge in [0, 0.05) is 12.1 Å². The van der Waals surface area contributed by atoms with Crippen LogP contribution in [0.5, 0.6) is 0 Å². The first kappa shape index (κ1) is 20.6. The number of nitrogens with zero attached hydrogens (tertiary/aromatic N) is 1. The lowest BCUT2D eigenvalue weighted by atomic mass is 10.00. The molecular formula is C21H22Cl2N2O3. The van der Waals surface area contributed by atoms with Crippen molar-refractivity contribution in [2.75, 3.05) is 6.54 Å². The van der Waals surface area contributed by atoms with Gasteiger partial charge in [-0.1, -0.05) is 55.0 Å². The van der Waals surface area contributed by atoms with Crippen molar-refractivity contribution in [3.05, 3.63) is 51.6 Å². The minimum absolute atomic E-state index is 0.0616. The summed E-state index contributed by atoms with van der Waals surface area (Å²) in [6, 6.07) is 8.05. The number of amides is 1. The summed E-state index contributed by atoms with van der Waals surface area (Å²) in [5, 5.41) is 12.6. The van der Waals surface area contributed by atoms with Crippen LogP contribution in [-0.4, -0.2) is 28.5 Å². The van der Waals surface area contributed by atoms with Gasteiger partial charge < -0.3 is 10.4 Å². The second kappa shape index (κ2) is 9.39. The fourth-order valence-corrected chi connectivity index (χ4v) is 3.90. The standard InChI is InChI=1S/C21H22Cl2N2O3/c22-16-8-7-14(18-10-9-17(23)19(25-18)21(27)28)11-15(16)20(26)24-12-13-5-3-1-2-4-6-13/h7-11,13H,1-6,12H2,(H,24,26)(H,27,28). The number of halogens is 2. The molecule has 0 aliphatic heterocycles. The largest absolute Gasteiger partial charge is 0.476 e. The third kappa shape index (κ3) is 5.03. The Morgan fingerprint density at radius 3 is 2.39 bits per heavy atom. The summed E-state index contributed by atoms with van der Waals surface area (Å²) in [4.78, 5) is 28.0. The molecule has 1 aliphatic carbocycles. The van der Waals surface area contributed by atoms with Gasteiger partial charge in [-0.2, -0.15) is 0 Å². The lowest BCUT2D eigenvalue weighted by molar-refractivity contribution is 0.0690. The molecule has 1 amide bonds.